The van der Waals surface area contributed by atoms with Gasteiger partial charge >= 0.3 is 11.9 Å². The van der Waals surface area contributed by atoms with Crippen molar-refractivity contribution in [2.75, 3.05) is 39.9 Å². The molecule has 2 unspecified atom stereocenters. The number of esters is 2. The molecule has 2 fully saturated rings. The van der Waals surface area contributed by atoms with E-state index in [2.05, 4.69) is 10.2 Å². The molecule has 3 aromatic carbocycles. The number of aliphatic hydroxyl groups excluding tert-OH is 2. The van der Waals surface area contributed by atoms with Crippen molar-refractivity contribution in [2.45, 2.75) is 81.4 Å². The highest BCUT2D eigenvalue weighted by Crippen LogP contribution is 2.64. The molecular formula is C39H43N3O11S. The molecule has 5 N–H and O–H groups in total. The molecular weight excluding hydrogens is 719 g/mol. The first kappa shape index (κ1) is 35.5. The molecule has 0 aliphatic carbocycles. The summed E-state index contributed by atoms with van der Waals surface area (Å²) in [7, 11) is 3.48. The van der Waals surface area contributed by atoms with Gasteiger partial charge < -0.3 is 44.1 Å². The van der Waals surface area contributed by atoms with Gasteiger partial charge in [0.2, 0.25) is 6.79 Å². The number of phenolic OH excluding ortho intramolecular Hbond substituents is 1. The molecule has 4 bridgehead atoms. The third-order valence-electron chi connectivity index (χ3n) is 12.3. The number of carbonyl (C=O) groups is 2. The van der Waals surface area contributed by atoms with Gasteiger partial charge in [-0.25, -0.2) is 4.79 Å². The predicted molar refractivity (Wildman–Crippen MR) is 194 cm³/mol. The Morgan fingerprint density at radius 2 is 1.85 bits per heavy atom. The SMILES string of the molecule is COc1c(C)cc2c(c1O)C1[C@@H]3[C@@H]4SC[C@@]5(NCCc6cc(O)c(CO)cc65)C(=O)OC[C@@H](c5c6c(c(C)c(OC(C)=O)c54)OCO6)N3[C@@H](O)C(C2)N1C. The zero-order valence-corrected chi connectivity index (χ0v) is 31.4. The summed E-state index contributed by atoms with van der Waals surface area (Å²) in [6, 6.07) is 3.01. The molecule has 15 heteroatoms. The van der Waals surface area contributed by atoms with E-state index >= 15 is 0 Å². The summed E-state index contributed by atoms with van der Waals surface area (Å²) in [5, 5.41) is 48.2. The summed E-state index contributed by atoms with van der Waals surface area (Å²) in [4.78, 5) is 31.7. The van der Waals surface area contributed by atoms with Crippen LogP contribution in [0.3, 0.4) is 0 Å². The topological polar surface area (TPSA) is 180 Å². The van der Waals surface area contributed by atoms with Crippen LogP contribution >= 0.6 is 11.8 Å². The Balaban J connectivity index is 1.32. The Labute approximate surface area is 315 Å². The van der Waals surface area contributed by atoms with Gasteiger partial charge in [0, 0.05) is 53.1 Å². The summed E-state index contributed by atoms with van der Waals surface area (Å²) in [5.41, 5.74) is 4.48. The number of benzene rings is 3. The number of nitrogens with one attached hydrogen (secondary N) is 1. The standard InChI is InChI=1S/C39H43N3O11S/c1-16-8-20-10-23-37(47)42-24-13-50-38(48)39(22-9-21(12-43)25(45)11-19(22)6-7-40-39)14-54-36(30(42)29(41(23)4)26(20)31(46)32(16)49-5)28-27(24)35-34(51-15-52-35)17(2)33(28)53-18(3)44/h8-9,11,23-24,29-30,36-37,40,43,45-47H,6-7,10,12-15H2,1-5H3/t23?,24-,29?,30+,36+,37-,39-/m0/s1. The first-order valence-corrected chi connectivity index (χ1v) is 19.2. The smallest absolute Gasteiger partial charge is 0.331 e. The largest absolute Gasteiger partial charge is 0.508 e. The van der Waals surface area contributed by atoms with Crippen molar-refractivity contribution < 1.29 is 53.7 Å². The third-order valence-corrected chi connectivity index (χ3v) is 13.8. The zero-order chi connectivity index (χ0) is 38.0. The first-order chi connectivity index (χ1) is 25.9. The number of ether oxygens (including phenoxy) is 5. The van der Waals surface area contributed by atoms with Gasteiger partial charge in [0.15, 0.2) is 28.5 Å². The third kappa shape index (κ3) is 4.78. The van der Waals surface area contributed by atoms with Crippen LogP contribution in [0.25, 0.3) is 0 Å². The van der Waals surface area contributed by atoms with Gasteiger partial charge in [-0.15, -0.1) is 11.8 Å². The lowest BCUT2D eigenvalue weighted by atomic mass is 9.73. The van der Waals surface area contributed by atoms with Crippen molar-refractivity contribution in [3.05, 3.63) is 68.3 Å². The highest BCUT2D eigenvalue weighted by molar-refractivity contribution is 7.99. The second kappa shape index (κ2) is 12.6. The van der Waals surface area contributed by atoms with Crippen LogP contribution in [0, 0.1) is 13.8 Å². The van der Waals surface area contributed by atoms with Crippen LogP contribution in [-0.2, 0) is 39.3 Å². The summed E-state index contributed by atoms with van der Waals surface area (Å²) < 4.78 is 30.4. The number of fused-ring (bicyclic) bond motifs is 9. The van der Waals surface area contributed by atoms with Crippen molar-refractivity contribution in [1.82, 2.24) is 15.1 Å². The summed E-state index contributed by atoms with van der Waals surface area (Å²) in [5.74, 6) is 0.579. The molecule has 3 aromatic rings. The molecule has 0 aromatic heterocycles. The van der Waals surface area contributed by atoms with E-state index in [9.17, 15) is 30.0 Å². The second-order valence-electron chi connectivity index (χ2n) is 15.0. The minimum Gasteiger partial charge on any atom is -0.508 e. The molecule has 10 rings (SSSR count). The summed E-state index contributed by atoms with van der Waals surface area (Å²) in [6.07, 6.45) is -0.0741. The number of piperazine rings is 1. The number of methoxy groups -OCH3 is 1. The van der Waals surface area contributed by atoms with Gasteiger partial charge in [-0.1, -0.05) is 6.07 Å². The van der Waals surface area contributed by atoms with E-state index in [1.54, 1.807) is 12.1 Å². The number of thioether (sulfide) groups is 1. The number of hydrogen-bond acceptors (Lipinski definition) is 15. The number of phenols is 2. The molecule has 54 heavy (non-hydrogen) atoms. The van der Waals surface area contributed by atoms with Crippen LogP contribution in [-0.4, -0.2) is 100 Å². The van der Waals surface area contributed by atoms with Crippen LogP contribution < -0.4 is 24.3 Å². The summed E-state index contributed by atoms with van der Waals surface area (Å²) in [6.45, 7) is 4.76. The second-order valence-corrected chi connectivity index (χ2v) is 16.2. The zero-order valence-electron chi connectivity index (χ0n) is 30.6. The van der Waals surface area contributed by atoms with Crippen LogP contribution in [0.2, 0.25) is 0 Å². The molecule has 2 saturated heterocycles. The molecule has 7 atom stereocenters. The lowest BCUT2D eigenvalue weighted by Crippen LogP contribution is -2.70. The van der Waals surface area contributed by atoms with Gasteiger partial charge in [-0.3, -0.25) is 19.9 Å². The monoisotopic (exact) mass is 761 g/mol. The Morgan fingerprint density at radius 3 is 2.59 bits per heavy atom. The highest BCUT2D eigenvalue weighted by atomic mass is 32.2. The molecule has 0 radical (unpaired) electrons. The van der Waals surface area contributed by atoms with Crippen LogP contribution in [0.1, 0.15) is 74.3 Å². The maximum absolute atomic E-state index is 14.7. The Bertz CT molecular complexity index is 2130. The average molecular weight is 762 g/mol. The lowest BCUT2D eigenvalue weighted by Gasteiger charge is -2.62. The van der Waals surface area contributed by atoms with E-state index < -0.39 is 59.7 Å². The van der Waals surface area contributed by atoms with Gasteiger partial charge in [-0.2, -0.15) is 0 Å². The highest BCUT2D eigenvalue weighted by Gasteiger charge is 2.61. The van der Waals surface area contributed by atoms with E-state index in [0.29, 0.717) is 70.2 Å². The van der Waals surface area contributed by atoms with E-state index in [1.807, 2.05) is 31.9 Å². The maximum atomic E-state index is 14.7. The van der Waals surface area contributed by atoms with Crippen molar-refractivity contribution in [2.24, 2.45) is 0 Å². The molecule has 0 saturated carbocycles. The molecule has 1 spiro atoms. The van der Waals surface area contributed by atoms with Crippen molar-refractivity contribution in [3.63, 3.8) is 0 Å². The quantitative estimate of drug-likeness (QED) is 0.194. The van der Waals surface area contributed by atoms with Crippen LogP contribution in [0.15, 0.2) is 18.2 Å². The number of aryl methyl sites for hydroxylation is 1. The van der Waals surface area contributed by atoms with Crippen LogP contribution in [0.5, 0.6) is 34.5 Å². The van der Waals surface area contributed by atoms with Crippen molar-refractivity contribution >= 4 is 23.7 Å². The van der Waals surface area contributed by atoms with Crippen LogP contribution in [0.4, 0.5) is 0 Å². The first-order valence-electron chi connectivity index (χ1n) is 18.1. The molecule has 7 heterocycles. The molecule has 7 aliphatic heterocycles. The lowest BCUT2D eigenvalue weighted by molar-refractivity contribution is -0.186. The van der Waals surface area contributed by atoms with E-state index in [-0.39, 0.29) is 36.2 Å². The number of nitrogens with zero attached hydrogens (tertiary/aromatic N) is 2. The number of likely N-dealkylation sites (N-methyl/N-ethyl adjacent to an activating group) is 1. The number of rotatable bonds is 3. The number of aromatic hydroxyl groups is 2. The van der Waals surface area contributed by atoms with Gasteiger partial charge in [0.05, 0.1) is 37.1 Å². The molecule has 286 valence electrons. The Kier molecular flexibility index (Phi) is 8.30. The fourth-order valence-corrected chi connectivity index (χ4v) is 11.7. The van der Waals surface area contributed by atoms with Gasteiger partial charge in [0.25, 0.3) is 0 Å². The van der Waals surface area contributed by atoms with E-state index in [4.69, 9.17) is 23.7 Å². The van der Waals surface area contributed by atoms with Gasteiger partial charge in [0.1, 0.15) is 24.3 Å². The van der Waals surface area contributed by atoms with Gasteiger partial charge in [-0.05, 0) is 68.1 Å². The molecule has 0 amide bonds. The molecule has 7 aliphatic rings. The number of carbonyl (C=O) groups excluding carboxylic acids is 2. The Hall–Kier alpha value is -4.25. The van der Waals surface area contributed by atoms with E-state index in [0.717, 1.165) is 16.7 Å². The maximum Gasteiger partial charge on any atom is 0.331 e. The number of aliphatic hydroxyl groups is 2. The Morgan fingerprint density at radius 1 is 1.07 bits per heavy atom. The minimum atomic E-state index is -1.39. The van der Waals surface area contributed by atoms with Crippen molar-refractivity contribution in [3.8, 4) is 34.5 Å². The predicted octanol–water partition coefficient (Wildman–Crippen LogP) is 2.90. The molecule has 14 nitrogen and oxygen atoms in total. The minimum absolute atomic E-state index is 0.0292. The van der Waals surface area contributed by atoms with Crippen molar-refractivity contribution in [1.29, 1.82) is 0 Å². The number of hydrogen-bond donors (Lipinski definition) is 5. The summed E-state index contributed by atoms with van der Waals surface area (Å²) >= 11 is 1.45. The van der Waals surface area contributed by atoms with E-state index in [1.165, 1.54) is 25.8 Å². The average Bonchev–Trinajstić information content (AvgIpc) is 3.63. The normalized spacial score (nSPS) is 29.5. The fourth-order valence-electron chi connectivity index (χ4n) is 10.0. The fraction of sp³-hybridized carbons (Fsp3) is 0.487.